The summed E-state index contributed by atoms with van der Waals surface area (Å²) in [4.78, 5) is 10.5. The fourth-order valence-corrected chi connectivity index (χ4v) is 0.752. The summed E-state index contributed by atoms with van der Waals surface area (Å²) >= 11 is 0. The molecule has 0 spiro atoms. The van der Waals surface area contributed by atoms with Gasteiger partial charge in [-0.1, -0.05) is 12.2 Å². The summed E-state index contributed by atoms with van der Waals surface area (Å²) in [6.45, 7) is 6.29. The van der Waals surface area contributed by atoms with E-state index in [2.05, 4.69) is 17.2 Å². The average Bonchev–Trinajstić information content (AvgIpc) is 2.14. The van der Waals surface area contributed by atoms with Crippen LogP contribution in [-0.4, -0.2) is 18.6 Å². The van der Waals surface area contributed by atoms with E-state index in [1.54, 1.807) is 0 Å². The quantitative estimate of drug-likeness (QED) is 0.486. The Morgan fingerprint density at radius 3 is 2.78 bits per heavy atom. The van der Waals surface area contributed by atoms with Crippen LogP contribution in [0, 0.1) is 0 Å². The maximum atomic E-state index is 10.5. The molecule has 1 atom stereocenters. The minimum atomic E-state index is -0.0944. The minimum absolute atomic E-state index is 0.0944. The van der Waals surface area contributed by atoms with Gasteiger partial charge in [0.25, 0.3) is 0 Å². The van der Waals surface area contributed by atoms with Crippen molar-refractivity contribution in [2.75, 3.05) is 6.54 Å². The normalized spacial score (nSPS) is 25.0. The number of amides is 2. The molecule has 0 unspecified atom stereocenters. The molecule has 0 radical (unpaired) electrons. The van der Waals surface area contributed by atoms with E-state index >= 15 is 0 Å². The van der Waals surface area contributed by atoms with Crippen molar-refractivity contribution in [1.29, 1.82) is 0 Å². The van der Waals surface area contributed by atoms with Gasteiger partial charge in [0.15, 0.2) is 0 Å². The Morgan fingerprint density at radius 2 is 2.56 bits per heavy atom. The molecule has 1 heterocycles. The number of hydrogen-bond acceptors (Lipinski definition) is 1. The highest BCUT2D eigenvalue weighted by Gasteiger charge is 2.19. The van der Waals surface area contributed by atoms with E-state index in [1.807, 2.05) is 6.92 Å². The summed E-state index contributed by atoms with van der Waals surface area (Å²) in [6.07, 6.45) is 0. The van der Waals surface area contributed by atoms with Gasteiger partial charge in [0.2, 0.25) is 0 Å². The number of urea groups is 1. The lowest BCUT2D eigenvalue weighted by molar-refractivity contribution is 0.248. The molecule has 1 fully saturated rings. The van der Waals surface area contributed by atoms with Crippen molar-refractivity contribution < 1.29 is 4.79 Å². The standard InChI is InChI=1S/C6H10N2O/c1-4(2)5-3-7-6(9)8-5/h5H,1,3H2,2H3,(H2,7,8,9)/t5-/m0/s1. The summed E-state index contributed by atoms with van der Waals surface area (Å²) in [5.41, 5.74) is 0.994. The summed E-state index contributed by atoms with van der Waals surface area (Å²) in [6, 6.07) is 0.0421. The van der Waals surface area contributed by atoms with Crippen LogP contribution in [0.5, 0.6) is 0 Å². The van der Waals surface area contributed by atoms with Gasteiger partial charge < -0.3 is 10.6 Å². The molecule has 1 rings (SSSR count). The fourth-order valence-electron chi connectivity index (χ4n) is 0.752. The third-order valence-electron chi connectivity index (χ3n) is 1.37. The van der Waals surface area contributed by atoms with Gasteiger partial charge in [-0.25, -0.2) is 4.79 Å². The second kappa shape index (κ2) is 2.09. The Morgan fingerprint density at radius 1 is 1.89 bits per heavy atom. The van der Waals surface area contributed by atoms with Crippen molar-refractivity contribution in [3.05, 3.63) is 12.2 Å². The molecule has 1 saturated heterocycles. The molecule has 0 aromatic rings. The van der Waals surface area contributed by atoms with Gasteiger partial charge in [0.05, 0.1) is 6.04 Å². The van der Waals surface area contributed by atoms with Gasteiger partial charge in [0.1, 0.15) is 0 Å². The van der Waals surface area contributed by atoms with Crippen molar-refractivity contribution in [3.63, 3.8) is 0 Å². The molecule has 0 aromatic carbocycles. The molecule has 50 valence electrons. The monoisotopic (exact) mass is 126 g/mol. The zero-order valence-electron chi connectivity index (χ0n) is 5.40. The van der Waals surface area contributed by atoms with E-state index in [4.69, 9.17) is 0 Å². The first-order valence-electron chi connectivity index (χ1n) is 2.90. The van der Waals surface area contributed by atoms with Crippen molar-refractivity contribution in [2.45, 2.75) is 13.0 Å². The first-order chi connectivity index (χ1) is 4.20. The predicted octanol–water partition coefficient (Wildman–Crippen LogP) is 0.244. The highest BCUT2D eigenvalue weighted by atomic mass is 16.2. The van der Waals surface area contributed by atoms with Gasteiger partial charge in [-0.05, 0) is 6.92 Å². The molecule has 2 amide bonds. The van der Waals surface area contributed by atoms with Crippen LogP contribution in [0.4, 0.5) is 4.79 Å². The Balaban J connectivity index is 2.48. The zero-order valence-corrected chi connectivity index (χ0v) is 5.40. The average molecular weight is 126 g/mol. The first-order valence-corrected chi connectivity index (χ1v) is 2.90. The Bertz CT molecular complexity index is 153. The lowest BCUT2D eigenvalue weighted by atomic mass is 10.2. The highest BCUT2D eigenvalue weighted by Crippen LogP contribution is 1.99. The second-order valence-corrected chi connectivity index (χ2v) is 2.25. The van der Waals surface area contributed by atoms with Crippen LogP contribution in [-0.2, 0) is 0 Å². The van der Waals surface area contributed by atoms with Gasteiger partial charge in [-0.15, -0.1) is 0 Å². The lowest BCUT2D eigenvalue weighted by Crippen LogP contribution is -2.26. The van der Waals surface area contributed by atoms with Crippen molar-refractivity contribution >= 4 is 6.03 Å². The molecular weight excluding hydrogens is 116 g/mol. The van der Waals surface area contributed by atoms with Gasteiger partial charge in [-0.2, -0.15) is 0 Å². The maximum absolute atomic E-state index is 10.5. The molecule has 3 heteroatoms. The number of carbonyl (C=O) groups excluding carboxylic acids is 1. The lowest BCUT2D eigenvalue weighted by Gasteiger charge is -2.04. The summed E-state index contributed by atoms with van der Waals surface area (Å²) in [7, 11) is 0. The Kier molecular flexibility index (Phi) is 1.42. The third-order valence-corrected chi connectivity index (χ3v) is 1.37. The summed E-state index contributed by atoms with van der Waals surface area (Å²) in [5.74, 6) is 0. The summed E-state index contributed by atoms with van der Waals surface area (Å²) < 4.78 is 0. The van der Waals surface area contributed by atoms with Crippen molar-refractivity contribution in [2.24, 2.45) is 0 Å². The Labute approximate surface area is 54.1 Å². The van der Waals surface area contributed by atoms with Crippen LogP contribution in [0.2, 0.25) is 0 Å². The molecular formula is C6H10N2O. The highest BCUT2D eigenvalue weighted by molar-refractivity contribution is 5.77. The van der Waals surface area contributed by atoms with Crippen molar-refractivity contribution in [3.8, 4) is 0 Å². The SMILES string of the molecule is C=C(C)[C@@H]1CNC(=O)N1. The van der Waals surface area contributed by atoms with E-state index < -0.39 is 0 Å². The number of hydrogen-bond donors (Lipinski definition) is 2. The molecule has 9 heavy (non-hydrogen) atoms. The molecule has 2 N–H and O–H groups in total. The van der Waals surface area contributed by atoms with E-state index in [0.29, 0.717) is 6.54 Å². The summed E-state index contributed by atoms with van der Waals surface area (Å²) in [5, 5.41) is 5.34. The zero-order chi connectivity index (χ0) is 6.85. The van der Waals surface area contributed by atoms with E-state index in [-0.39, 0.29) is 12.1 Å². The van der Waals surface area contributed by atoms with Crippen LogP contribution in [0.1, 0.15) is 6.92 Å². The number of nitrogens with one attached hydrogen (secondary N) is 2. The van der Waals surface area contributed by atoms with Gasteiger partial charge in [0, 0.05) is 6.54 Å². The first kappa shape index (κ1) is 6.13. The smallest absolute Gasteiger partial charge is 0.315 e. The number of rotatable bonds is 1. The number of carbonyl (C=O) groups is 1. The predicted molar refractivity (Wildman–Crippen MR) is 35.1 cm³/mol. The van der Waals surface area contributed by atoms with Crippen LogP contribution in [0.15, 0.2) is 12.2 Å². The molecule has 0 aliphatic carbocycles. The molecule has 0 aromatic heterocycles. The topological polar surface area (TPSA) is 41.1 Å². The maximum Gasteiger partial charge on any atom is 0.315 e. The van der Waals surface area contributed by atoms with Gasteiger partial charge in [-0.3, -0.25) is 0 Å². The van der Waals surface area contributed by atoms with Crippen LogP contribution >= 0.6 is 0 Å². The molecule has 0 saturated carbocycles. The largest absolute Gasteiger partial charge is 0.336 e. The van der Waals surface area contributed by atoms with Crippen molar-refractivity contribution in [1.82, 2.24) is 10.6 Å². The molecule has 1 aliphatic heterocycles. The van der Waals surface area contributed by atoms with E-state index in [1.165, 1.54) is 0 Å². The van der Waals surface area contributed by atoms with Crippen LogP contribution < -0.4 is 10.6 Å². The fraction of sp³-hybridized carbons (Fsp3) is 0.500. The van der Waals surface area contributed by atoms with Crippen LogP contribution in [0.3, 0.4) is 0 Å². The van der Waals surface area contributed by atoms with E-state index in [0.717, 1.165) is 5.57 Å². The van der Waals surface area contributed by atoms with Crippen LogP contribution in [0.25, 0.3) is 0 Å². The third kappa shape index (κ3) is 1.22. The van der Waals surface area contributed by atoms with Gasteiger partial charge >= 0.3 is 6.03 Å². The molecule has 0 bridgehead atoms. The second-order valence-electron chi connectivity index (χ2n) is 2.25. The Hall–Kier alpha value is -0.990. The molecule has 3 nitrogen and oxygen atoms in total. The van der Waals surface area contributed by atoms with E-state index in [9.17, 15) is 4.79 Å². The molecule has 1 aliphatic rings. The minimum Gasteiger partial charge on any atom is -0.336 e.